The van der Waals surface area contributed by atoms with E-state index in [9.17, 15) is 0 Å². The highest BCUT2D eigenvalue weighted by atomic mass is 16.5. The smallest absolute Gasteiger partial charge is 0.137 e. The standard InChI is InChI=1S/C11H16N2O/c12-9-3-5-10(6-4-9)14-11-2-1-7-13-8-11/h1-2,7-10H,3-6,12H2. The average Bonchev–Trinajstić information content (AvgIpc) is 2.23. The maximum atomic E-state index is 5.82. The summed E-state index contributed by atoms with van der Waals surface area (Å²) in [6.45, 7) is 0. The van der Waals surface area contributed by atoms with E-state index in [-0.39, 0.29) is 0 Å². The summed E-state index contributed by atoms with van der Waals surface area (Å²) >= 11 is 0. The van der Waals surface area contributed by atoms with Crippen LogP contribution in [-0.2, 0) is 0 Å². The fourth-order valence-electron chi connectivity index (χ4n) is 1.82. The number of hydrogen-bond acceptors (Lipinski definition) is 3. The average molecular weight is 192 g/mol. The summed E-state index contributed by atoms with van der Waals surface area (Å²) in [5.74, 6) is 0.868. The largest absolute Gasteiger partial charge is 0.489 e. The molecule has 0 unspecified atom stereocenters. The number of nitrogens with two attached hydrogens (primary N) is 1. The molecule has 0 radical (unpaired) electrons. The molecule has 1 aliphatic carbocycles. The third-order valence-corrected chi connectivity index (χ3v) is 2.66. The predicted octanol–water partition coefficient (Wildman–Crippen LogP) is 1.73. The van der Waals surface area contributed by atoms with Crippen LogP contribution in [0.25, 0.3) is 0 Å². The number of hydrogen-bond donors (Lipinski definition) is 1. The Morgan fingerprint density at radius 1 is 1.29 bits per heavy atom. The van der Waals surface area contributed by atoms with Crippen LogP contribution in [0.15, 0.2) is 24.5 Å². The van der Waals surface area contributed by atoms with Gasteiger partial charge in [-0.3, -0.25) is 4.98 Å². The topological polar surface area (TPSA) is 48.1 Å². The highest BCUT2D eigenvalue weighted by molar-refractivity contribution is 5.15. The van der Waals surface area contributed by atoms with Gasteiger partial charge in [0, 0.05) is 12.2 Å². The normalized spacial score (nSPS) is 27.2. The molecule has 14 heavy (non-hydrogen) atoms. The first-order chi connectivity index (χ1) is 6.84. The number of aromatic nitrogens is 1. The van der Waals surface area contributed by atoms with E-state index in [1.54, 1.807) is 12.4 Å². The van der Waals surface area contributed by atoms with E-state index in [0.29, 0.717) is 12.1 Å². The molecule has 1 fully saturated rings. The zero-order valence-electron chi connectivity index (χ0n) is 8.23. The van der Waals surface area contributed by atoms with Crippen molar-refractivity contribution in [2.75, 3.05) is 0 Å². The van der Waals surface area contributed by atoms with Gasteiger partial charge in [-0.05, 0) is 37.8 Å². The minimum Gasteiger partial charge on any atom is -0.489 e. The van der Waals surface area contributed by atoms with Crippen molar-refractivity contribution in [2.45, 2.75) is 37.8 Å². The number of ether oxygens (including phenoxy) is 1. The van der Waals surface area contributed by atoms with Gasteiger partial charge in [0.2, 0.25) is 0 Å². The summed E-state index contributed by atoms with van der Waals surface area (Å²) in [5.41, 5.74) is 5.82. The second-order valence-corrected chi connectivity index (χ2v) is 3.84. The Balaban J connectivity index is 1.87. The van der Waals surface area contributed by atoms with Crippen molar-refractivity contribution in [2.24, 2.45) is 5.73 Å². The van der Waals surface area contributed by atoms with Gasteiger partial charge >= 0.3 is 0 Å². The Kier molecular flexibility index (Phi) is 2.99. The van der Waals surface area contributed by atoms with Crippen LogP contribution in [0, 0.1) is 0 Å². The van der Waals surface area contributed by atoms with E-state index in [4.69, 9.17) is 10.5 Å². The first kappa shape index (κ1) is 9.46. The van der Waals surface area contributed by atoms with Crippen LogP contribution >= 0.6 is 0 Å². The first-order valence-electron chi connectivity index (χ1n) is 5.17. The molecular formula is C11H16N2O. The molecule has 0 amide bonds. The summed E-state index contributed by atoms with van der Waals surface area (Å²) in [6.07, 6.45) is 8.12. The van der Waals surface area contributed by atoms with Gasteiger partial charge < -0.3 is 10.5 Å². The quantitative estimate of drug-likeness (QED) is 0.776. The van der Waals surface area contributed by atoms with Crippen LogP contribution in [0.1, 0.15) is 25.7 Å². The van der Waals surface area contributed by atoms with E-state index < -0.39 is 0 Å². The monoisotopic (exact) mass is 192 g/mol. The van der Waals surface area contributed by atoms with Gasteiger partial charge in [-0.2, -0.15) is 0 Å². The van der Waals surface area contributed by atoms with Crippen molar-refractivity contribution in [3.05, 3.63) is 24.5 Å². The minimum absolute atomic E-state index is 0.332. The molecule has 0 aromatic carbocycles. The van der Waals surface area contributed by atoms with Gasteiger partial charge in [-0.25, -0.2) is 0 Å². The molecule has 3 heteroatoms. The molecule has 0 aliphatic heterocycles. The van der Waals surface area contributed by atoms with Crippen molar-refractivity contribution >= 4 is 0 Å². The van der Waals surface area contributed by atoms with Crippen LogP contribution < -0.4 is 10.5 Å². The van der Waals surface area contributed by atoms with E-state index >= 15 is 0 Å². The van der Waals surface area contributed by atoms with Gasteiger partial charge in [0.15, 0.2) is 0 Å². The Bertz CT molecular complexity index is 268. The van der Waals surface area contributed by atoms with Crippen LogP contribution in [0.4, 0.5) is 0 Å². The Hall–Kier alpha value is -1.09. The van der Waals surface area contributed by atoms with Crippen molar-refractivity contribution in [1.82, 2.24) is 4.98 Å². The highest BCUT2D eigenvalue weighted by Gasteiger charge is 2.19. The van der Waals surface area contributed by atoms with Crippen molar-refractivity contribution < 1.29 is 4.74 Å². The molecule has 2 rings (SSSR count). The second-order valence-electron chi connectivity index (χ2n) is 3.84. The third-order valence-electron chi connectivity index (χ3n) is 2.66. The fourth-order valence-corrected chi connectivity index (χ4v) is 1.82. The van der Waals surface area contributed by atoms with Gasteiger partial charge in [-0.1, -0.05) is 0 Å². The molecule has 1 saturated carbocycles. The number of nitrogens with zero attached hydrogens (tertiary/aromatic N) is 1. The van der Waals surface area contributed by atoms with Gasteiger partial charge in [0.1, 0.15) is 5.75 Å². The number of pyridine rings is 1. The minimum atomic E-state index is 0.332. The molecule has 0 saturated heterocycles. The maximum Gasteiger partial charge on any atom is 0.137 e. The van der Waals surface area contributed by atoms with Crippen LogP contribution in [0.3, 0.4) is 0 Å². The molecule has 1 heterocycles. The zero-order valence-corrected chi connectivity index (χ0v) is 8.23. The molecule has 1 aliphatic rings. The van der Waals surface area contributed by atoms with Crippen molar-refractivity contribution in [3.8, 4) is 5.75 Å². The maximum absolute atomic E-state index is 5.82. The lowest BCUT2D eigenvalue weighted by molar-refractivity contribution is 0.146. The molecule has 0 spiro atoms. The van der Waals surface area contributed by atoms with E-state index in [1.807, 2.05) is 12.1 Å². The lowest BCUT2D eigenvalue weighted by Crippen LogP contribution is -2.31. The summed E-state index contributed by atoms with van der Waals surface area (Å²) in [4.78, 5) is 4.02. The van der Waals surface area contributed by atoms with Crippen LogP contribution in [0.5, 0.6) is 5.75 Å². The van der Waals surface area contributed by atoms with Crippen molar-refractivity contribution in [1.29, 1.82) is 0 Å². The third kappa shape index (κ3) is 2.45. The summed E-state index contributed by atoms with van der Waals surface area (Å²) < 4.78 is 5.79. The second kappa shape index (κ2) is 4.42. The molecule has 1 aromatic heterocycles. The Labute approximate surface area is 84.3 Å². The zero-order chi connectivity index (χ0) is 9.80. The van der Waals surface area contributed by atoms with Gasteiger partial charge in [0.05, 0.1) is 12.3 Å². The molecule has 76 valence electrons. The molecule has 0 atom stereocenters. The predicted molar refractivity (Wildman–Crippen MR) is 55.1 cm³/mol. The molecule has 1 aromatic rings. The van der Waals surface area contributed by atoms with Crippen LogP contribution in [0.2, 0.25) is 0 Å². The van der Waals surface area contributed by atoms with Crippen LogP contribution in [-0.4, -0.2) is 17.1 Å². The molecular weight excluding hydrogens is 176 g/mol. The SMILES string of the molecule is NC1CCC(Oc2cccnc2)CC1. The molecule has 2 N–H and O–H groups in total. The van der Waals surface area contributed by atoms with Gasteiger partial charge in [-0.15, -0.1) is 0 Å². The van der Waals surface area contributed by atoms with E-state index in [0.717, 1.165) is 31.4 Å². The Morgan fingerprint density at radius 2 is 2.07 bits per heavy atom. The van der Waals surface area contributed by atoms with Gasteiger partial charge in [0.25, 0.3) is 0 Å². The molecule has 3 nitrogen and oxygen atoms in total. The fraction of sp³-hybridized carbons (Fsp3) is 0.545. The van der Waals surface area contributed by atoms with E-state index in [1.165, 1.54) is 0 Å². The summed E-state index contributed by atoms with van der Waals surface area (Å²) in [5, 5.41) is 0. The summed E-state index contributed by atoms with van der Waals surface area (Å²) in [6, 6.07) is 4.22. The van der Waals surface area contributed by atoms with Crippen molar-refractivity contribution in [3.63, 3.8) is 0 Å². The summed E-state index contributed by atoms with van der Waals surface area (Å²) in [7, 11) is 0. The molecule has 0 bridgehead atoms. The number of rotatable bonds is 2. The first-order valence-corrected chi connectivity index (χ1v) is 5.17. The highest BCUT2D eigenvalue weighted by Crippen LogP contribution is 2.21. The lowest BCUT2D eigenvalue weighted by atomic mass is 9.94. The lowest BCUT2D eigenvalue weighted by Gasteiger charge is -2.26. The Morgan fingerprint density at radius 3 is 2.71 bits per heavy atom. The van der Waals surface area contributed by atoms with E-state index in [2.05, 4.69) is 4.98 Å².